The highest BCUT2D eigenvalue weighted by Crippen LogP contribution is 2.17. The van der Waals surface area contributed by atoms with E-state index in [9.17, 15) is 13.2 Å². The Hall–Kier alpha value is -1.83. The van der Waals surface area contributed by atoms with Gasteiger partial charge in [0.1, 0.15) is 5.82 Å². The van der Waals surface area contributed by atoms with E-state index in [1.165, 1.54) is 6.20 Å². The molecule has 1 aliphatic heterocycles. The maximum atomic E-state index is 11.9. The third kappa shape index (κ3) is 5.09. The van der Waals surface area contributed by atoms with Gasteiger partial charge in [0.2, 0.25) is 15.9 Å². The van der Waals surface area contributed by atoms with E-state index in [0.29, 0.717) is 25.2 Å². The zero-order chi connectivity index (χ0) is 16.9. The molecule has 0 radical (unpaired) electrons. The SMILES string of the molecule is CCCCS(=O)(=O)Nc1ccc(N2CCN(C(C)=O)CC2)nc1. The first-order chi connectivity index (χ1) is 10.9. The molecule has 0 spiro atoms. The summed E-state index contributed by atoms with van der Waals surface area (Å²) < 4.78 is 26.3. The van der Waals surface area contributed by atoms with Gasteiger partial charge in [-0.15, -0.1) is 0 Å². The van der Waals surface area contributed by atoms with Crippen LogP contribution in [0.5, 0.6) is 0 Å². The molecule has 1 amide bonds. The number of aromatic nitrogens is 1. The van der Waals surface area contributed by atoms with Crippen LogP contribution in [-0.2, 0) is 14.8 Å². The number of sulfonamides is 1. The third-order valence-corrected chi connectivity index (χ3v) is 5.21. The lowest BCUT2D eigenvalue weighted by Gasteiger charge is -2.34. The summed E-state index contributed by atoms with van der Waals surface area (Å²) in [5.41, 5.74) is 0.479. The summed E-state index contributed by atoms with van der Waals surface area (Å²) in [7, 11) is -3.30. The van der Waals surface area contributed by atoms with E-state index in [2.05, 4.69) is 14.6 Å². The van der Waals surface area contributed by atoms with Crippen molar-refractivity contribution >= 4 is 27.4 Å². The minimum Gasteiger partial charge on any atom is -0.353 e. The second kappa shape index (κ2) is 7.63. The first-order valence-electron chi connectivity index (χ1n) is 7.88. The summed E-state index contributed by atoms with van der Waals surface area (Å²) in [6, 6.07) is 3.53. The molecule has 128 valence electrons. The molecule has 7 nitrogen and oxygen atoms in total. The molecular weight excluding hydrogens is 316 g/mol. The zero-order valence-corrected chi connectivity index (χ0v) is 14.5. The normalized spacial score (nSPS) is 15.6. The fourth-order valence-corrected chi connectivity index (χ4v) is 3.70. The minimum absolute atomic E-state index is 0.0921. The summed E-state index contributed by atoms with van der Waals surface area (Å²) in [6.07, 6.45) is 3.02. The van der Waals surface area contributed by atoms with Crippen molar-refractivity contribution in [2.45, 2.75) is 26.7 Å². The van der Waals surface area contributed by atoms with Crippen LogP contribution in [0, 0.1) is 0 Å². The van der Waals surface area contributed by atoms with Crippen LogP contribution < -0.4 is 9.62 Å². The lowest BCUT2D eigenvalue weighted by molar-refractivity contribution is -0.129. The molecule has 0 aliphatic carbocycles. The summed E-state index contributed by atoms with van der Waals surface area (Å²) in [6.45, 7) is 6.36. The molecule has 1 N–H and O–H groups in total. The topological polar surface area (TPSA) is 82.6 Å². The lowest BCUT2D eigenvalue weighted by atomic mass is 10.3. The Morgan fingerprint density at radius 3 is 2.48 bits per heavy atom. The van der Waals surface area contributed by atoms with E-state index in [-0.39, 0.29) is 11.7 Å². The van der Waals surface area contributed by atoms with E-state index >= 15 is 0 Å². The summed E-state index contributed by atoms with van der Waals surface area (Å²) in [4.78, 5) is 19.6. The highest BCUT2D eigenvalue weighted by molar-refractivity contribution is 7.92. The maximum absolute atomic E-state index is 11.9. The van der Waals surface area contributed by atoms with Gasteiger partial charge in [-0.3, -0.25) is 9.52 Å². The average molecular weight is 340 g/mol. The van der Waals surface area contributed by atoms with Gasteiger partial charge in [-0.25, -0.2) is 13.4 Å². The van der Waals surface area contributed by atoms with Gasteiger partial charge >= 0.3 is 0 Å². The molecule has 1 fully saturated rings. The lowest BCUT2D eigenvalue weighted by Crippen LogP contribution is -2.48. The number of nitrogens with zero attached hydrogens (tertiary/aromatic N) is 3. The maximum Gasteiger partial charge on any atom is 0.232 e. The minimum atomic E-state index is -3.30. The Kier molecular flexibility index (Phi) is 5.81. The average Bonchev–Trinajstić information content (AvgIpc) is 2.53. The summed E-state index contributed by atoms with van der Waals surface area (Å²) in [5, 5.41) is 0. The van der Waals surface area contributed by atoms with Crippen LogP contribution in [0.2, 0.25) is 0 Å². The highest BCUT2D eigenvalue weighted by Gasteiger charge is 2.19. The van der Waals surface area contributed by atoms with Crippen LogP contribution in [0.1, 0.15) is 26.7 Å². The summed E-state index contributed by atoms with van der Waals surface area (Å²) in [5.74, 6) is 1.01. The van der Waals surface area contributed by atoms with Gasteiger partial charge in [-0.2, -0.15) is 0 Å². The zero-order valence-electron chi connectivity index (χ0n) is 13.7. The van der Waals surface area contributed by atoms with Crippen LogP contribution >= 0.6 is 0 Å². The first-order valence-corrected chi connectivity index (χ1v) is 9.53. The number of unbranched alkanes of at least 4 members (excludes halogenated alkanes) is 1. The summed E-state index contributed by atoms with van der Waals surface area (Å²) >= 11 is 0. The van der Waals surface area contributed by atoms with Gasteiger partial charge in [-0.05, 0) is 18.6 Å². The predicted octanol–water partition coefficient (Wildman–Crippen LogP) is 1.29. The van der Waals surface area contributed by atoms with Crippen molar-refractivity contribution in [1.29, 1.82) is 0 Å². The molecule has 0 bridgehead atoms. The number of carbonyl (C=O) groups excluding carboxylic acids is 1. The van der Waals surface area contributed by atoms with Crippen molar-refractivity contribution in [2.75, 3.05) is 41.6 Å². The molecule has 8 heteroatoms. The molecule has 1 aromatic heterocycles. The fourth-order valence-electron chi connectivity index (χ4n) is 2.45. The van der Waals surface area contributed by atoms with Crippen LogP contribution in [0.4, 0.5) is 11.5 Å². The van der Waals surface area contributed by atoms with E-state index < -0.39 is 10.0 Å². The van der Waals surface area contributed by atoms with Gasteiger partial charge in [0, 0.05) is 33.1 Å². The first kappa shape index (κ1) is 17.5. The Morgan fingerprint density at radius 2 is 1.96 bits per heavy atom. The van der Waals surface area contributed by atoms with E-state index in [0.717, 1.165) is 25.3 Å². The molecule has 1 saturated heterocycles. The largest absolute Gasteiger partial charge is 0.353 e. The number of piperazine rings is 1. The van der Waals surface area contributed by atoms with Crippen LogP contribution in [-0.4, -0.2) is 56.1 Å². The molecule has 0 atom stereocenters. The Bertz CT molecular complexity index is 623. The molecule has 1 aromatic rings. The molecule has 0 unspecified atom stereocenters. The molecule has 1 aliphatic rings. The van der Waals surface area contributed by atoms with Crippen molar-refractivity contribution in [3.8, 4) is 0 Å². The number of pyridine rings is 1. The molecule has 0 saturated carbocycles. The molecular formula is C15H24N4O3S. The number of hydrogen-bond acceptors (Lipinski definition) is 5. The monoisotopic (exact) mass is 340 g/mol. The Labute approximate surface area is 137 Å². The Morgan fingerprint density at radius 1 is 1.26 bits per heavy atom. The van der Waals surface area contributed by atoms with Crippen molar-refractivity contribution in [1.82, 2.24) is 9.88 Å². The standard InChI is InChI=1S/C15H24N4O3S/c1-3-4-11-23(21,22)17-14-5-6-15(16-12-14)19-9-7-18(8-10-19)13(2)20/h5-6,12,17H,3-4,7-11H2,1-2H3. The van der Waals surface area contributed by atoms with E-state index in [4.69, 9.17) is 0 Å². The number of amides is 1. The van der Waals surface area contributed by atoms with Gasteiger partial charge in [0.05, 0.1) is 17.6 Å². The van der Waals surface area contributed by atoms with E-state index in [1.54, 1.807) is 19.1 Å². The van der Waals surface area contributed by atoms with E-state index in [1.807, 2.05) is 11.8 Å². The van der Waals surface area contributed by atoms with Gasteiger partial charge in [0.15, 0.2) is 0 Å². The predicted molar refractivity (Wildman–Crippen MR) is 91.0 cm³/mol. The van der Waals surface area contributed by atoms with Gasteiger partial charge < -0.3 is 9.80 Å². The highest BCUT2D eigenvalue weighted by atomic mass is 32.2. The molecule has 2 heterocycles. The molecule has 2 rings (SSSR count). The van der Waals surface area contributed by atoms with Gasteiger partial charge in [0.25, 0.3) is 0 Å². The number of carbonyl (C=O) groups is 1. The fraction of sp³-hybridized carbons (Fsp3) is 0.600. The van der Waals surface area contributed by atoms with Crippen LogP contribution in [0.3, 0.4) is 0 Å². The second-order valence-corrected chi connectivity index (χ2v) is 7.51. The van der Waals surface area contributed by atoms with Crippen molar-refractivity contribution in [2.24, 2.45) is 0 Å². The second-order valence-electron chi connectivity index (χ2n) is 5.67. The van der Waals surface area contributed by atoms with Crippen molar-refractivity contribution in [3.63, 3.8) is 0 Å². The van der Waals surface area contributed by atoms with Crippen molar-refractivity contribution in [3.05, 3.63) is 18.3 Å². The number of anilines is 2. The number of hydrogen-bond donors (Lipinski definition) is 1. The number of nitrogens with one attached hydrogen (secondary N) is 1. The quantitative estimate of drug-likeness (QED) is 0.844. The number of rotatable bonds is 6. The van der Waals surface area contributed by atoms with Crippen LogP contribution in [0.25, 0.3) is 0 Å². The molecule has 23 heavy (non-hydrogen) atoms. The van der Waals surface area contributed by atoms with Crippen LogP contribution in [0.15, 0.2) is 18.3 Å². The molecule has 0 aromatic carbocycles. The van der Waals surface area contributed by atoms with Gasteiger partial charge in [-0.1, -0.05) is 13.3 Å². The van der Waals surface area contributed by atoms with Crippen molar-refractivity contribution < 1.29 is 13.2 Å². The third-order valence-electron chi connectivity index (χ3n) is 3.84. The Balaban J connectivity index is 1.94. The smallest absolute Gasteiger partial charge is 0.232 e.